The number of methoxy groups -OCH3 is 1. The van der Waals surface area contributed by atoms with E-state index in [1.165, 1.54) is 30.3 Å². The molecule has 174 valence electrons. The summed E-state index contributed by atoms with van der Waals surface area (Å²) in [6.45, 7) is 5.62. The van der Waals surface area contributed by atoms with Crippen molar-refractivity contribution in [3.63, 3.8) is 0 Å². The molecule has 0 aliphatic carbocycles. The molecule has 0 aliphatic heterocycles. The van der Waals surface area contributed by atoms with Crippen LogP contribution in [0.1, 0.15) is 37.0 Å². The van der Waals surface area contributed by atoms with Crippen molar-refractivity contribution in [1.29, 1.82) is 0 Å². The van der Waals surface area contributed by atoms with Crippen molar-refractivity contribution in [1.82, 2.24) is 0 Å². The highest BCUT2D eigenvalue weighted by Crippen LogP contribution is 2.34. The van der Waals surface area contributed by atoms with Gasteiger partial charge in [-0.15, -0.1) is 0 Å². The fraction of sp³-hybridized carbons (Fsp3) is 0.259. The minimum absolute atomic E-state index is 0.0849. The Kier molecular flexibility index (Phi) is 7.59. The lowest BCUT2D eigenvalue weighted by molar-refractivity contribution is 0.329. The predicted molar refractivity (Wildman–Crippen MR) is 130 cm³/mol. The van der Waals surface area contributed by atoms with E-state index in [1.807, 2.05) is 45.0 Å². The molecule has 3 aromatic rings. The van der Waals surface area contributed by atoms with Gasteiger partial charge in [0.1, 0.15) is 22.2 Å². The standard InChI is InChI=1S/C27H29FO4S/c1-20-5-15-25(16-6-20)33(29,30)32-24-13-9-22(10-14-24)19-26(28)27(2,3)18-17-21-7-11-23(31-4)12-8-21/h5-16,19H,17-18H2,1-4H3/b26-19-. The van der Waals surface area contributed by atoms with Gasteiger partial charge < -0.3 is 8.92 Å². The van der Waals surface area contributed by atoms with Gasteiger partial charge in [-0.25, -0.2) is 4.39 Å². The second-order valence-corrected chi connectivity index (χ2v) is 10.2. The molecular weight excluding hydrogens is 439 g/mol. The normalized spacial score (nSPS) is 12.5. The summed E-state index contributed by atoms with van der Waals surface area (Å²) in [5.74, 6) is 0.729. The van der Waals surface area contributed by atoms with Gasteiger partial charge in [-0.2, -0.15) is 8.42 Å². The van der Waals surface area contributed by atoms with E-state index >= 15 is 4.39 Å². The van der Waals surface area contributed by atoms with E-state index < -0.39 is 15.5 Å². The molecule has 0 spiro atoms. The van der Waals surface area contributed by atoms with Crippen LogP contribution in [0.3, 0.4) is 0 Å². The molecule has 3 aromatic carbocycles. The Labute approximate surface area is 195 Å². The molecule has 0 bridgehead atoms. The van der Waals surface area contributed by atoms with Gasteiger partial charge in [0.2, 0.25) is 0 Å². The molecule has 0 radical (unpaired) electrons. The molecule has 0 aliphatic rings. The molecule has 0 N–H and O–H groups in total. The number of allylic oxidation sites excluding steroid dienone is 1. The topological polar surface area (TPSA) is 52.6 Å². The summed E-state index contributed by atoms with van der Waals surface area (Å²) in [6.07, 6.45) is 2.85. The molecular formula is C27H29FO4S. The molecule has 4 nitrogen and oxygen atoms in total. The molecule has 0 fully saturated rings. The van der Waals surface area contributed by atoms with Crippen molar-refractivity contribution in [2.45, 2.75) is 38.5 Å². The van der Waals surface area contributed by atoms with E-state index in [9.17, 15) is 8.42 Å². The Balaban J connectivity index is 1.65. The molecule has 0 unspecified atom stereocenters. The Bertz CT molecular complexity index is 1190. The SMILES string of the molecule is COc1ccc(CCC(C)(C)/C(F)=C/c2ccc(OS(=O)(=O)c3ccc(C)cc3)cc2)cc1. The quantitative estimate of drug-likeness (QED) is 0.326. The predicted octanol–water partition coefficient (Wildman–Crippen LogP) is 6.74. The van der Waals surface area contributed by atoms with Crippen molar-refractivity contribution >= 4 is 16.2 Å². The summed E-state index contributed by atoms with van der Waals surface area (Å²) in [5, 5.41) is 0. The van der Waals surface area contributed by atoms with Gasteiger partial charge >= 0.3 is 10.1 Å². The lowest BCUT2D eigenvalue weighted by atomic mass is 9.84. The van der Waals surface area contributed by atoms with Crippen molar-refractivity contribution in [3.8, 4) is 11.5 Å². The zero-order valence-corrected chi connectivity index (χ0v) is 20.2. The first-order valence-corrected chi connectivity index (χ1v) is 12.1. The summed E-state index contributed by atoms with van der Waals surface area (Å²) in [4.78, 5) is 0.0849. The van der Waals surface area contributed by atoms with Gasteiger partial charge in [0.15, 0.2) is 0 Å². The lowest BCUT2D eigenvalue weighted by Gasteiger charge is -2.23. The van der Waals surface area contributed by atoms with Crippen LogP contribution in [-0.4, -0.2) is 15.5 Å². The van der Waals surface area contributed by atoms with Gasteiger partial charge in [0.05, 0.1) is 7.11 Å². The van der Waals surface area contributed by atoms with Crippen molar-refractivity contribution < 1.29 is 21.7 Å². The fourth-order valence-electron chi connectivity index (χ4n) is 3.21. The maximum absolute atomic E-state index is 15.0. The maximum Gasteiger partial charge on any atom is 0.339 e. The molecule has 0 saturated heterocycles. The number of ether oxygens (including phenoxy) is 1. The molecule has 0 atom stereocenters. The van der Waals surface area contributed by atoms with Crippen molar-refractivity contribution in [2.75, 3.05) is 7.11 Å². The van der Waals surface area contributed by atoms with Crippen molar-refractivity contribution in [2.24, 2.45) is 5.41 Å². The van der Waals surface area contributed by atoms with Crippen LogP contribution in [0.2, 0.25) is 0 Å². The van der Waals surface area contributed by atoms with Gasteiger partial charge in [0.25, 0.3) is 0 Å². The first kappa shape index (κ1) is 24.5. The highest BCUT2D eigenvalue weighted by molar-refractivity contribution is 7.87. The van der Waals surface area contributed by atoms with Crippen LogP contribution in [0, 0.1) is 12.3 Å². The van der Waals surface area contributed by atoms with E-state index in [2.05, 4.69) is 0 Å². The van der Waals surface area contributed by atoms with E-state index in [1.54, 1.807) is 31.4 Å². The Hall–Kier alpha value is -3.12. The highest BCUT2D eigenvalue weighted by atomic mass is 32.2. The van der Waals surface area contributed by atoms with Crippen LogP contribution in [0.5, 0.6) is 11.5 Å². The molecule has 0 heterocycles. The maximum atomic E-state index is 15.0. The van der Waals surface area contributed by atoms with Crippen LogP contribution in [0.25, 0.3) is 6.08 Å². The minimum Gasteiger partial charge on any atom is -0.497 e. The van der Waals surface area contributed by atoms with Crippen LogP contribution in [0.4, 0.5) is 4.39 Å². The third-order valence-corrected chi connectivity index (χ3v) is 6.79. The average molecular weight is 469 g/mol. The lowest BCUT2D eigenvalue weighted by Crippen LogP contribution is -2.13. The number of hydrogen-bond acceptors (Lipinski definition) is 4. The van der Waals surface area contributed by atoms with Gasteiger partial charge in [-0.05, 0) is 73.4 Å². The third-order valence-electron chi connectivity index (χ3n) is 5.53. The molecule has 33 heavy (non-hydrogen) atoms. The van der Waals surface area contributed by atoms with Crippen LogP contribution in [-0.2, 0) is 16.5 Å². The number of rotatable bonds is 9. The Morgan fingerprint density at radius 2 is 1.48 bits per heavy atom. The van der Waals surface area contributed by atoms with E-state index in [-0.39, 0.29) is 16.5 Å². The minimum atomic E-state index is -3.92. The summed E-state index contributed by atoms with van der Waals surface area (Å²) in [5.41, 5.74) is 2.06. The van der Waals surface area contributed by atoms with Gasteiger partial charge in [0, 0.05) is 5.41 Å². The molecule has 0 amide bonds. The van der Waals surface area contributed by atoms with Gasteiger partial charge in [-0.1, -0.05) is 55.8 Å². The van der Waals surface area contributed by atoms with E-state index in [4.69, 9.17) is 8.92 Å². The third kappa shape index (κ3) is 6.68. The molecule has 6 heteroatoms. The van der Waals surface area contributed by atoms with E-state index in [0.29, 0.717) is 12.0 Å². The summed E-state index contributed by atoms with van der Waals surface area (Å²) in [6, 6.07) is 20.5. The smallest absolute Gasteiger partial charge is 0.339 e. The number of benzene rings is 3. The largest absolute Gasteiger partial charge is 0.497 e. The fourth-order valence-corrected chi connectivity index (χ4v) is 4.14. The molecule has 3 rings (SSSR count). The Morgan fingerprint density at radius 3 is 2.06 bits per heavy atom. The first-order valence-electron chi connectivity index (χ1n) is 10.7. The zero-order valence-electron chi connectivity index (χ0n) is 19.3. The van der Waals surface area contributed by atoms with Crippen LogP contribution in [0.15, 0.2) is 83.5 Å². The summed E-state index contributed by atoms with van der Waals surface area (Å²) >= 11 is 0. The van der Waals surface area contributed by atoms with Gasteiger partial charge in [-0.3, -0.25) is 0 Å². The highest BCUT2D eigenvalue weighted by Gasteiger charge is 2.24. The Morgan fingerprint density at radius 1 is 0.909 bits per heavy atom. The first-order chi connectivity index (χ1) is 15.6. The zero-order chi connectivity index (χ0) is 24.1. The van der Waals surface area contributed by atoms with Crippen LogP contribution >= 0.6 is 0 Å². The van der Waals surface area contributed by atoms with E-state index in [0.717, 1.165) is 23.3 Å². The summed E-state index contributed by atoms with van der Waals surface area (Å²) < 4.78 is 50.3. The number of aryl methyl sites for hydroxylation is 2. The second-order valence-electron chi connectivity index (χ2n) is 8.64. The monoisotopic (exact) mass is 468 g/mol. The number of halogens is 1. The van der Waals surface area contributed by atoms with Crippen LogP contribution < -0.4 is 8.92 Å². The summed E-state index contributed by atoms with van der Waals surface area (Å²) in [7, 11) is -2.30. The molecule has 0 aromatic heterocycles. The van der Waals surface area contributed by atoms with Crippen molar-refractivity contribution in [3.05, 3.63) is 95.3 Å². The second kappa shape index (κ2) is 10.2. The average Bonchev–Trinajstić information content (AvgIpc) is 2.79. The molecule has 0 saturated carbocycles. The number of hydrogen-bond donors (Lipinski definition) is 0.